The zero-order valence-corrected chi connectivity index (χ0v) is 20.3. The van der Waals surface area contributed by atoms with Gasteiger partial charge in [0.2, 0.25) is 5.88 Å². The molecule has 0 radical (unpaired) electrons. The lowest BCUT2D eigenvalue weighted by atomic mass is 10.1. The van der Waals surface area contributed by atoms with E-state index in [1.165, 1.54) is 18.9 Å². The van der Waals surface area contributed by atoms with Crippen LogP contribution in [-0.2, 0) is 22.4 Å². The van der Waals surface area contributed by atoms with E-state index in [9.17, 15) is 14.7 Å². The van der Waals surface area contributed by atoms with Crippen LogP contribution in [0.15, 0.2) is 18.3 Å². The van der Waals surface area contributed by atoms with Crippen molar-refractivity contribution in [1.29, 1.82) is 0 Å². The average molecular weight is 491 g/mol. The highest BCUT2D eigenvalue weighted by Crippen LogP contribution is 2.25. The maximum atomic E-state index is 12.7. The molecule has 9 nitrogen and oxygen atoms in total. The van der Waals surface area contributed by atoms with Crippen molar-refractivity contribution in [1.82, 2.24) is 15.3 Å². The van der Waals surface area contributed by atoms with Gasteiger partial charge in [-0.05, 0) is 50.7 Å². The Hall–Kier alpha value is -2.91. The molecule has 2 aromatic rings. The molecule has 0 saturated heterocycles. The highest BCUT2D eigenvalue weighted by molar-refractivity contribution is 6.34. The quantitative estimate of drug-likeness (QED) is 0.387. The van der Waals surface area contributed by atoms with Crippen LogP contribution in [0, 0.1) is 6.92 Å². The number of nitrogens with one attached hydrogen (secondary N) is 2. The molecular weight excluding hydrogens is 460 g/mol. The largest absolute Gasteiger partial charge is 0.481 e. The maximum Gasteiger partial charge on any atom is 0.326 e. The molecule has 1 unspecified atom stereocenters. The number of fused-ring (bicyclic) bond motifs is 1. The van der Waals surface area contributed by atoms with Gasteiger partial charge in [-0.3, -0.25) is 4.79 Å². The van der Waals surface area contributed by atoms with Crippen LogP contribution in [-0.4, -0.2) is 59.9 Å². The van der Waals surface area contributed by atoms with E-state index in [0.717, 1.165) is 50.2 Å². The van der Waals surface area contributed by atoms with Crippen LogP contribution in [0.1, 0.15) is 52.9 Å². The molecule has 1 aliphatic rings. The van der Waals surface area contributed by atoms with Gasteiger partial charge in [-0.2, -0.15) is 0 Å². The Morgan fingerprint density at radius 2 is 2.12 bits per heavy atom. The first kappa shape index (κ1) is 25.7. The summed E-state index contributed by atoms with van der Waals surface area (Å²) in [6.45, 7) is 3.33. The normalized spacial score (nSPS) is 13.5. The number of carbonyl (C=O) groups is 2. The predicted molar refractivity (Wildman–Crippen MR) is 129 cm³/mol. The Balaban J connectivity index is 1.40. The van der Waals surface area contributed by atoms with Gasteiger partial charge < -0.3 is 25.2 Å². The number of unbranched alkanes of at least 4 members (excludes halogenated alkanes) is 1. The summed E-state index contributed by atoms with van der Waals surface area (Å²) in [7, 11) is 1.43. The maximum absolute atomic E-state index is 12.7. The van der Waals surface area contributed by atoms with Crippen LogP contribution < -0.4 is 15.4 Å². The van der Waals surface area contributed by atoms with Gasteiger partial charge in [0.25, 0.3) is 5.91 Å². The summed E-state index contributed by atoms with van der Waals surface area (Å²) < 4.78 is 10.7. The summed E-state index contributed by atoms with van der Waals surface area (Å²) in [5.41, 5.74) is 2.92. The number of ether oxygens (including phenoxy) is 2. The van der Waals surface area contributed by atoms with Crippen LogP contribution >= 0.6 is 11.6 Å². The molecule has 0 spiro atoms. The van der Waals surface area contributed by atoms with E-state index in [1.54, 1.807) is 6.92 Å². The molecule has 10 heteroatoms. The van der Waals surface area contributed by atoms with Crippen molar-refractivity contribution >= 4 is 29.3 Å². The molecule has 1 atom stereocenters. The minimum Gasteiger partial charge on any atom is -0.481 e. The van der Waals surface area contributed by atoms with E-state index in [1.807, 2.05) is 0 Å². The lowest BCUT2D eigenvalue weighted by molar-refractivity contribution is -0.139. The average Bonchev–Trinajstić information content (AvgIpc) is 2.82. The van der Waals surface area contributed by atoms with Crippen LogP contribution in [0.3, 0.4) is 0 Å². The third-order valence-corrected chi connectivity index (χ3v) is 6.01. The number of amides is 1. The summed E-state index contributed by atoms with van der Waals surface area (Å²) in [5, 5.41) is 15.5. The number of aromatic nitrogens is 2. The molecule has 0 saturated carbocycles. The molecule has 3 N–H and O–H groups in total. The second-order valence-electron chi connectivity index (χ2n) is 8.18. The molecule has 0 fully saturated rings. The number of aryl methyl sites for hydroxylation is 2. The molecule has 0 aliphatic carbocycles. The van der Waals surface area contributed by atoms with E-state index >= 15 is 0 Å². The minimum atomic E-state index is -1.14. The van der Waals surface area contributed by atoms with Crippen molar-refractivity contribution in [2.75, 3.05) is 32.2 Å². The minimum absolute atomic E-state index is 0.125. The first-order chi connectivity index (χ1) is 16.4. The Kier molecular flexibility index (Phi) is 9.47. The molecule has 0 aromatic carbocycles. The van der Waals surface area contributed by atoms with Gasteiger partial charge in [-0.15, -0.1) is 0 Å². The van der Waals surface area contributed by atoms with Crippen molar-refractivity contribution < 1.29 is 24.2 Å². The van der Waals surface area contributed by atoms with E-state index in [-0.39, 0.29) is 29.5 Å². The van der Waals surface area contributed by atoms with Crippen molar-refractivity contribution in [2.45, 2.75) is 51.5 Å². The standard InChI is InChI=1S/C24H31ClN4O5/c1-15-20(18(25)14-27-23(15)33-2)22(30)29-19(24(31)32)10-13-34-12-4-3-7-17-9-8-16-6-5-11-26-21(16)28-17/h8-9,14,19H,3-7,10-13H2,1-2H3,(H,26,28)(H,29,30)(H,31,32). The fraction of sp³-hybridized carbons (Fsp3) is 0.500. The van der Waals surface area contributed by atoms with Crippen LogP contribution in [0.5, 0.6) is 5.88 Å². The fourth-order valence-electron chi connectivity index (χ4n) is 3.86. The molecule has 0 bridgehead atoms. The summed E-state index contributed by atoms with van der Waals surface area (Å²) in [6.07, 6.45) is 6.28. The highest BCUT2D eigenvalue weighted by atomic mass is 35.5. The number of carboxylic acids is 1. The number of pyridine rings is 2. The van der Waals surface area contributed by atoms with Crippen molar-refractivity contribution in [3.8, 4) is 5.88 Å². The first-order valence-corrected chi connectivity index (χ1v) is 11.8. The zero-order valence-electron chi connectivity index (χ0n) is 19.5. The smallest absolute Gasteiger partial charge is 0.326 e. The molecule has 1 amide bonds. The lowest BCUT2D eigenvalue weighted by Crippen LogP contribution is -2.42. The van der Waals surface area contributed by atoms with Crippen molar-refractivity contribution in [3.05, 3.63) is 45.7 Å². The molecule has 2 aromatic heterocycles. The monoisotopic (exact) mass is 490 g/mol. The number of methoxy groups -OCH3 is 1. The van der Waals surface area contributed by atoms with Crippen LogP contribution in [0.2, 0.25) is 5.02 Å². The van der Waals surface area contributed by atoms with E-state index in [2.05, 4.69) is 32.7 Å². The zero-order chi connectivity index (χ0) is 24.5. The number of halogens is 1. The van der Waals surface area contributed by atoms with E-state index in [0.29, 0.717) is 12.2 Å². The number of aliphatic carboxylic acids is 1. The van der Waals surface area contributed by atoms with Gasteiger partial charge in [0, 0.05) is 37.4 Å². The molecule has 184 valence electrons. The van der Waals surface area contributed by atoms with Gasteiger partial charge in [-0.25, -0.2) is 14.8 Å². The number of anilines is 1. The highest BCUT2D eigenvalue weighted by Gasteiger charge is 2.24. The summed E-state index contributed by atoms with van der Waals surface area (Å²) in [6, 6.07) is 3.13. The van der Waals surface area contributed by atoms with Gasteiger partial charge in [-0.1, -0.05) is 17.7 Å². The van der Waals surface area contributed by atoms with Gasteiger partial charge in [0.1, 0.15) is 11.9 Å². The first-order valence-electron chi connectivity index (χ1n) is 11.4. The molecule has 1 aliphatic heterocycles. The second-order valence-corrected chi connectivity index (χ2v) is 8.59. The van der Waals surface area contributed by atoms with Crippen LogP contribution in [0.25, 0.3) is 0 Å². The third-order valence-electron chi connectivity index (χ3n) is 5.73. The third kappa shape index (κ3) is 6.80. The summed E-state index contributed by atoms with van der Waals surface area (Å²) in [5.74, 6) is -0.475. The van der Waals surface area contributed by atoms with Gasteiger partial charge in [0.05, 0.1) is 23.9 Å². The van der Waals surface area contributed by atoms with E-state index in [4.69, 9.17) is 21.1 Å². The number of rotatable bonds is 12. The van der Waals surface area contributed by atoms with Gasteiger partial charge in [0.15, 0.2) is 0 Å². The van der Waals surface area contributed by atoms with Crippen molar-refractivity contribution in [2.24, 2.45) is 0 Å². The molecule has 3 rings (SSSR count). The van der Waals surface area contributed by atoms with E-state index < -0.39 is 17.9 Å². The predicted octanol–water partition coefficient (Wildman–Crippen LogP) is 3.42. The number of nitrogens with zero attached hydrogens (tertiary/aromatic N) is 2. The Morgan fingerprint density at radius 1 is 1.29 bits per heavy atom. The van der Waals surface area contributed by atoms with Gasteiger partial charge >= 0.3 is 5.97 Å². The summed E-state index contributed by atoms with van der Waals surface area (Å²) >= 11 is 6.11. The Labute approximate surface area is 204 Å². The number of hydrogen-bond donors (Lipinski definition) is 3. The molecular formula is C24H31ClN4O5. The van der Waals surface area contributed by atoms with Crippen molar-refractivity contribution in [3.63, 3.8) is 0 Å². The Morgan fingerprint density at radius 3 is 2.88 bits per heavy atom. The van der Waals surface area contributed by atoms with Crippen LogP contribution in [0.4, 0.5) is 5.82 Å². The number of carboxylic acid groups (broad SMARTS) is 1. The number of carbonyl (C=O) groups excluding carboxylic acids is 1. The second kappa shape index (κ2) is 12.5. The molecule has 34 heavy (non-hydrogen) atoms. The SMILES string of the molecule is COc1ncc(Cl)c(C(=O)NC(CCOCCCCc2ccc3c(n2)NCCC3)C(=O)O)c1C. The molecule has 3 heterocycles. The summed E-state index contributed by atoms with van der Waals surface area (Å²) in [4.78, 5) is 33.0. The topological polar surface area (TPSA) is 123 Å². The number of hydrogen-bond acceptors (Lipinski definition) is 7. The Bertz CT molecular complexity index is 1020. The lowest BCUT2D eigenvalue weighted by Gasteiger charge is -2.17. The fourth-order valence-corrected chi connectivity index (χ4v) is 4.13.